The molecule has 0 aliphatic carbocycles. The van der Waals surface area contributed by atoms with Gasteiger partial charge < -0.3 is 4.57 Å². The summed E-state index contributed by atoms with van der Waals surface area (Å²) in [5.41, 5.74) is 0. The summed E-state index contributed by atoms with van der Waals surface area (Å²) in [4.78, 5) is 5.02. The number of unbranched alkanes of at least 4 members (excludes halogenated alkanes) is 26. The molecule has 0 spiro atoms. The van der Waals surface area contributed by atoms with Crippen LogP contribution in [-0.2, 0) is 0 Å². The summed E-state index contributed by atoms with van der Waals surface area (Å²) in [6.07, 6.45) is 49.7. The molecular formula is C41H80N2. The van der Waals surface area contributed by atoms with Gasteiger partial charge in [-0.1, -0.05) is 207 Å². The molecule has 0 radical (unpaired) electrons. The molecule has 2 atom stereocenters. The number of hydrogen-bond acceptors (Lipinski definition) is 1. The van der Waals surface area contributed by atoms with E-state index >= 15 is 0 Å². The highest BCUT2D eigenvalue weighted by Gasteiger charge is 2.19. The van der Waals surface area contributed by atoms with E-state index in [2.05, 4.69) is 44.7 Å². The van der Waals surface area contributed by atoms with E-state index in [1.807, 2.05) is 0 Å². The molecule has 0 saturated carbocycles. The average molecular weight is 601 g/mol. The fraction of sp³-hybridized carbons (Fsp3) is 0.927. The molecule has 2 heteroatoms. The molecule has 1 aromatic rings. The van der Waals surface area contributed by atoms with Crippen molar-refractivity contribution in [2.24, 2.45) is 0 Å². The minimum atomic E-state index is 0.588. The van der Waals surface area contributed by atoms with Gasteiger partial charge in [0.05, 0.1) is 0 Å². The van der Waals surface area contributed by atoms with E-state index in [0.29, 0.717) is 12.0 Å². The SMILES string of the molecule is CCCCCCCCCCCCCCC(CCCCCCCCCC)c1nccn1C(C)CCCCCCCCCCC. The van der Waals surface area contributed by atoms with Crippen LogP contribution in [-0.4, -0.2) is 9.55 Å². The molecule has 2 unspecified atom stereocenters. The number of aromatic nitrogens is 2. The van der Waals surface area contributed by atoms with Gasteiger partial charge in [-0.25, -0.2) is 4.98 Å². The molecule has 2 nitrogen and oxygen atoms in total. The Morgan fingerprint density at radius 2 is 0.744 bits per heavy atom. The molecule has 0 aliphatic rings. The van der Waals surface area contributed by atoms with Crippen molar-refractivity contribution in [2.75, 3.05) is 0 Å². The van der Waals surface area contributed by atoms with Gasteiger partial charge in [0.1, 0.15) is 5.82 Å². The Hall–Kier alpha value is -0.790. The molecule has 0 saturated heterocycles. The minimum absolute atomic E-state index is 0.588. The van der Waals surface area contributed by atoms with Crippen molar-refractivity contribution in [1.82, 2.24) is 9.55 Å². The summed E-state index contributed by atoms with van der Waals surface area (Å²) < 4.78 is 2.58. The molecule has 0 amide bonds. The number of rotatable bonds is 34. The van der Waals surface area contributed by atoms with Crippen LogP contribution in [0.1, 0.15) is 251 Å². The van der Waals surface area contributed by atoms with E-state index < -0.39 is 0 Å². The van der Waals surface area contributed by atoms with Crippen molar-refractivity contribution < 1.29 is 0 Å². The predicted octanol–water partition coefficient (Wildman–Crippen LogP) is 15.1. The van der Waals surface area contributed by atoms with Crippen LogP contribution in [0.25, 0.3) is 0 Å². The first-order valence-corrected chi connectivity index (χ1v) is 20.3. The Kier molecular flexibility index (Phi) is 29.2. The van der Waals surface area contributed by atoms with Crippen molar-refractivity contribution in [3.63, 3.8) is 0 Å². The van der Waals surface area contributed by atoms with Crippen molar-refractivity contribution in [2.45, 2.75) is 245 Å². The lowest BCUT2D eigenvalue weighted by Crippen LogP contribution is -2.13. The highest BCUT2D eigenvalue weighted by Crippen LogP contribution is 2.31. The van der Waals surface area contributed by atoms with Crippen molar-refractivity contribution in [3.8, 4) is 0 Å². The summed E-state index contributed by atoms with van der Waals surface area (Å²) >= 11 is 0. The molecule has 0 fully saturated rings. The maximum atomic E-state index is 5.02. The zero-order chi connectivity index (χ0) is 31.1. The third-order valence-electron chi connectivity index (χ3n) is 10.1. The number of nitrogens with zero attached hydrogens (tertiary/aromatic N) is 2. The van der Waals surface area contributed by atoms with Crippen molar-refractivity contribution >= 4 is 0 Å². The van der Waals surface area contributed by atoms with E-state index in [4.69, 9.17) is 4.98 Å². The van der Waals surface area contributed by atoms with Crippen LogP contribution in [0, 0.1) is 0 Å². The van der Waals surface area contributed by atoms with E-state index in [-0.39, 0.29) is 0 Å². The lowest BCUT2D eigenvalue weighted by atomic mass is 9.92. The molecular weight excluding hydrogens is 520 g/mol. The van der Waals surface area contributed by atoms with Crippen LogP contribution in [0.15, 0.2) is 12.4 Å². The molecule has 0 N–H and O–H groups in total. The maximum Gasteiger partial charge on any atom is 0.111 e. The van der Waals surface area contributed by atoms with E-state index in [9.17, 15) is 0 Å². The summed E-state index contributed by atoms with van der Waals surface area (Å²) in [5, 5.41) is 0. The summed E-state index contributed by atoms with van der Waals surface area (Å²) in [6, 6.07) is 0.588. The first-order chi connectivity index (χ1) is 21.2. The largest absolute Gasteiger partial charge is 0.332 e. The molecule has 43 heavy (non-hydrogen) atoms. The van der Waals surface area contributed by atoms with Crippen molar-refractivity contribution in [1.29, 1.82) is 0 Å². The predicted molar refractivity (Wildman–Crippen MR) is 194 cm³/mol. The molecule has 1 aromatic heterocycles. The third-order valence-corrected chi connectivity index (χ3v) is 10.1. The van der Waals surface area contributed by atoms with Crippen LogP contribution in [0.4, 0.5) is 0 Å². The number of imidazole rings is 1. The Balaban J connectivity index is 2.41. The van der Waals surface area contributed by atoms with Gasteiger partial charge in [-0.3, -0.25) is 0 Å². The van der Waals surface area contributed by atoms with Crippen LogP contribution in [0.3, 0.4) is 0 Å². The monoisotopic (exact) mass is 601 g/mol. The number of hydrogen-bond donors (Lipinski definition) is 0. The van der Waals surface area contributed by atoms with Gasteiger partial charge in [0.2, 0.25) is 0 Å². The Bertz CT molecular complexity index is 664. The highest BCUT2D eigenvalue weighted by molar-refractivity contribution is 5.02. The Morgan fingerprint density at radius 1 is 0.442 bits per heavy atom. The van der Waals surface area contributed by atoms with Crippen LogP contribution in [0.5, 0.6) is 0 Å². The molecule has 0 aliphatic heterocycles. The minimum Gasteiger partial charge on any atom is -0.332 e. The Labute approximate surface area is 272 Å². The molecule has 254 valence electrons. The van der Waals surface area contributed by atoms with Crippen LogP contribution < -0.4 is 0 Å². The second kappa shape index (κ2) is 31.2. The van der Waals surface area contributed by atoms with Crippen LogP contribution in [0.2, 0.25) is 0 Å². The van der Waals surface area contributed by atoms with Crippen molar-refractivity contribution in [3.05, 3.63) is 18.2 Å². The Morgan fingerprint density at radius 3 is 1.09 bits per heavy atom. The van der Waals surface area contributed by atoms with Gasteiger partial charge in [-0.05, 0) is 26.2 Å². The zero-order valence-electron chi connectivity index (χ0n) is 30.3. The molecule has 1 heterocycles. The molecule has 0 aromatic carbocycles. The van der Waals surface area contributed by atoms with Gasteiger partial charge in [0.15, 0.2) is 0 Å². The standard InChI is InChI=1S/C41H80N2/c1-5-8-11-14-17-20-21-22-24-27-30-33-36-40(35-32-29-26-19-16-13-10-7-3)41-42-37-38-43(41)39(4)34-31-28-25-23-18-15-12-9-6-2/h37-40H,5-36H2,1-4H3. The first-order valence-electron chi connectivity index (χ1n) is 20.3. The third kappa shape index (κ3) is 23.2. The van der Waals surface area contributed by atoms with Gasteiger partial charge >= 0.3 is 0 Å². The summed E-state index contributed by atoms with van der Waals surface area (Å²) in [7, 11) is 0. The summed E-state index contributed by atoms with van der Waals surface area (Å²) in [6.45, 7) is 9.39. The summed E-state index contributed by atoms with van der Waals surface area (Å²) in [5.74, 6) is 2.07. The smallest absolute Gasteiger partial charge is 0.111 e. The fourth-order valence-corrected chi connectivity index (χ4v) is 7.06. The molecule has 0 bridgehead atoms. The second-order valence-corrected chi connectivity index (χ2v) is 14.3. The highest BCUT2D eigenvalue weighted by atomic mass is 15.1. The molecule has 1 rings (SSSR count). The lowest BCUT2D eigenvalue weighted by Gasteiger charge is -2.22. The van der Waals surface area contributed by atoms with E-state index in [1.165, 1.54) is 211 Å². The van der Waals surface area contributed by atoms with Gasteiger partial charge in [0.25, 0.3) is 0 Å². The zero-order valence-corrected chi connectivity index (χ0v) is 30.3. The fourth-order valence-electron chi connectivity index (χ4n) is 7.06. The normalized spacial score (nSPS) is 13.1. The second-order valence-electron chi connectivity index (χ2n) is 14.3. The van der Waals surface area contributed by atoms with Gasteiger partial charge in [-0.2, -0.15) is 0 Å². The van der Waals surface area contributed by atoms with E-state index in [0.717, 1.165) is 0 Å². The maximum absolute atomic E-state index is 5.02. The van der Waals surface area contributed by atoms with E-state index in [1.54, 1.807) is 0 Å². The average Bonchev–Trinajstić information content (AvgIpc) is 3.51. The lowest BCUT2D eigenvalue weighted by molar-refractivity contribution is 0.412. The topological polar surface area (TPSA) is 17.8 Å². The van der Waals surface area contributed by atoms with Crippen LogP contribution >= 0.6 is 0 Å². The van der Waals surface area contributed by atoms with Gasteiger partial charge in [0, 0.05) is 24.4 Å². The first kappa shape index (κ1) is 40.2. The quantitative estimate of drug-likeness (QED) is 0.0719. The van der Waals surface area contributed by atoms with Gasteiger partial charge in [-0.15, -0.1) is 0 Å².